The summed E-state index contributed by atoms with van der Waals surface area (Å²) >= 11 is 0. The van der Waals surface area contributed by atoms with Gasteiger partial charge in [-0.05, 0) is 72.5 Å². The van der Waals surface area contributed by atoms with E-state index in [1.54, 1.807) is 24.3 Å². The lowest BCUT2D eigenvalue weighted by atomic mass is 9.95. The average molecular weight is 531 g/mol. The van der Waals surface area contributed by atoms with E-state index < -0.39 is 33.6 Å². The Balaban J connectivity index is 1.50. The fourth-order valence-corrected chi connectivity index (χ4v) is 5.53. The lowest BCUT2D eigenvalue weighted by Crippen LogP contribution is -2.34. The molecule has 3 aromatic carbocycles. The zero-order valence-electron chi connectivity index (χ0n) is 20.7. The van der Waals surface area contributed by atoms with Gasteiger partial charge >= 0.3 is 0 Å². The van der Waals surface area contributed by atoms with Crippen molar-refractivity contribution in [2.24, 2.45) is 0 Å². The highest BCUT2D eigenvalue weighted by Crippen LogP contribution is 2.34. The molecular formula is C28H32F2N2O4S. The lowest BCUT2D eigenvalue weighted by Gasteiger charge is -2.33. The third-order valence-corrected chi connectivity index (χ3v) is 7.92. The topological polar surface area (TPSA) is 81.1 Å². The van der Waals surface area contributed by atoms with Gasteiger partial charge in [-0.1, -0.05) is 24.3 Å². The second kappa shape index (κ2) is 11.7. The van der Waals surface area contributed by atoms with E-state index >= 15 is 0 Å². The van der Waals surface area contributed by atoms with Gasteiger partial charge in [0.1, 0.15) is 17.4 Å². The van der Waals surface area contributed by atoms with Crippen LogP contribution in [0.1, 0.15) is 41.7 Å². The molecule has 2 unspecified atom stereocenters. The van der Waals surface area contributed by atoms with Crippen molar-refractivity contribution in [1.29, 1.82) is 0 Å². The standard InChI is InChI=1S/C28H32F2N2O4S/c1-37(35,36)26-8-6-20(7-9-26)19-31-10-3-11-32(13-12-31)27(22-14-23(29)17-24(30)15-22)18-28(34)21-4-2-5-25(33)16-21/h2,4-9,14-17,27-28,33-34H,3,10-13,18-19H2,1H3. The molecule has 1 heterocycles. The Morgan fingerprint density at radius 2 is 1.59 bits per heavy atom. The summed E-state index contributed by atoms with van der Waals surface area (Å²) < 4.78 is 51.8. The second-order valence-corrected chi connectivity index (χ2v) is 11.7. The second-order valence-electron chi connectivity index (χ2n) is 9.65. The van der Waals surface area contributed by atoms with Crippen LogP contribution in [0.3, 0.4) is 0 Å². The minimum Gasteiger partial charge on any atom is -0.508 e. The Labute approximate surface area is 216 Å². The molecule has 1 saturated heterocycles. The number of aliphatic hydroxyl groups is 1. The summed E-state index contributed by atoms with van der Waals surface area (Å²) in [5.74, 6) is -1.29. The number of nitrogens with zero attached hydrogens (tertiary/aromatic N) is 2. The number of sulfone groups is 1. The molecule has 6 nitrogen and oxygen atoms in total. The first-order valence-electron chi connectivity index (χ1n) is 12.3. The molecule has 2 N–H and O–H groups in total. The maximum Gasteiger partial charge on any atom is 0.175 e. The van der Waals surface area contributed by atoms with Crippen LogP contribution in [0.4, 0.5) is 8.78 Å². The Hall–Kier alpha value is -2.85. The van der Waals surface area contributed by atoms with Gasteiger partial charge in [0.25, 0.3) is 0 Å². The quantitative estimate of drug-likeness (QED) is 0.448. The maximum atomic E-state index is 14.2. The van der Waals surface area contributed by atoms with Crippen molar-refractivity contribution in [3.63, 3.8) is 0 Å². The van der Waals surface area contributed by atoms with Crippen LogP contribution < -0.4 is 0 Å². The van der Waals surface area contributed by atoms with Crippen molar-refractivity contribution in [3.8, 4) is 5.75 Å². The van der Waals surface area contributed by atoms with Crippen LogP contribution in [0.5, 0.6) is 5.75 Å². The fourth-order valence-electron chi connectivity index (χ4n) is 4.90. The minimum atomic E-state index is -3.25. The fraction of sp³-hybridized carbons (Fsp3) is 0.357. The van der Waals surface area contributed by atoms with Gasteiger partial charge in [-0.15, -0.1) is 0 Å². The van der Waals surface area contributed by atoms with Crippen LogP contribution in [0, 0.1) is 11.6 Å². The molecule has 0 amide bonds. The molecule has 1 aliphatic rings. The van der Waals surface area contributed by atoms with Crippen LogP contribution in [0.15, 0.2) is 71.6 Å². The zero-order chi connectivity index (χ0) is 26.6. The number of halogens is 2. The van der Waals surface area contributed by atoms with E-state index in [0.717, 1.165) is 24.6 Å². The lowest BCUT2D eigenvalue weighted by molar-refractivity contribution is 0.101. The number of rotatable bonds is 8. The Morgan fingerprint density at radius 1 is 0.892 bits per heavy atom. The molecule has 1 aliphatic heterocycles. The van der Waals surface area contributed by atoms with E-state index in [4.69, 9.17) is 0 Å². The first-order chi connectivity index (χ1) is 17.6. The summed E-state index contributed by atoms with van der Waals surface area (Å²) in [6.45, 7) is 3.47. The van der Waals surface area contributed by atoms with E-state index in [0.29, 0.717) is 37.3 Å². The van der Waals surface area contributed by atoms with Crippen molar-refractivity contribution >= 4 is 9.84 Å². The monoisotopic (exact) mass is 530 g/mol. The summed E-state index contributed by atoms with van der Waals surface area (Å²) in [5.41, 5.74) is 2.00. The van der Waals surface area contributed by atoms with E-state index in [1.807, 2.05) is 12.1 Å². The van der Waals surface area contributed by atoms with Gasteiger partial charge in [-0.25, -0.2) is 17.2 Å². The predicted octanol–water partition coefficient (Wildman–Crippen LogP) is 4.45. The number of phenols is 1. The summed E-state index contributed by atoms with van der Waals surface area (Å²) in [6.07, 6.45) is 1.28. The molecule has 1 fully saturated rings. The summed E-state index contributed by atoms with van der Waals surface area (Å²) in [6, 6.07) is 16.3. The molecule has 2 atom stereocenters. The Morgan fingerprint density at radius 3 is 2.24 bits per heavy atom. The van der Waals surface area contributed by atoms with Crippen LogP contribution in [0.25, 0.3) is 0 Å². The highest BCUT2D eigenvalue weighted by molar-refractivity contribution is 7.90. The highest BCUT2D eigenvalue weighted by Gasteiger charge is 2.27. The largest absolute Gasteiger partial charge is 0.508 e. The third-order valence-electron chi connectivity index (χ3n) is 6.79. The molecular weight excluding hydrogens is 498 g/mol. The molecule has 0 aromatic heterocycles. The number of phenolic OH excluding ortho intramolecular Hbond substituents is 1. The summed E-state index contributed by atoms with van der Waals surface area (Å²) in [5, 5.41) is 20.8. The SMILES string of the molecule is CS(=O)(=O)c1ccc(CN2CCCN(C(CC(O)c3cccc(O)c3)c3cc(F)cc(F)c3)CC2)cc1. The highest BCUT2D eigenvalue weighted by atomic mass is 32.2. The van der Waals surface area contributed by atoms with Crippen molar-refractivity contribution in [2.75, 3.05) is 32.4 Å². The van der Waals surface area contributed by atoms with Gasteiger partial charge < -0.3 is 10.2 Å². The molecule has 198 valence electrons. The number of hydrogen-bond donors (Lipinski definition) is 2. The number of aliphatic hydroxyl groups excluding tert-OH is 1. The summed E-state index contributed by atoms with van der Waals surface area (Å²) in [4.78, 5) is 4.70. The molecule has 4 rings (SSSR count). The number of aromatic hydroxyl groups is 1. The third kappa shape index (κ3) is 7.35. The van der Waals surface area contributed by atoms with Gasteiger partial charge in [0.15, 0.2) is 9.84 Å². The van der Waals surface area contributed by atoms with E-state index in [2.05, 4.69) is 9.80 Å². The molecule has 0 spiro atoms. The van der Waals surface area contributed by atoms with Crippen molar-refractivity contribution < 1.29 is 27.4 Å². The van der Waals surface area contributed by atoms with Crippen LogP contribution in [-0.2, 0) is 16.4 Å². The van der Waals surface area contributed by atoms with Gasteiger partial charge in [0, 0.05) is 44.5 Å². The Bertz CT molecular complexity index is 1300. The van der Waals surface area contributed by atoms with Gasteiger partial charge in [0.2, 0.25) is 0 Å². The van der Waals surface area contributed by atoms with Crippen molar-refractivity contribution in [3.05, 3.63) is 95.1 Å². The summed E-state index contributed by atoms with van der Waals surface area (Å²) in [7, 11) is -3.25. The van der Waals surface area contributed by atoms with Crippen LogP contribution >= 0.6 is 0 Å². The molecule has 0 saturated carbocycles. The number of benzene rings is 3. The van der Waals surface area contributed by atoms with E-state index in [-0.39, 0.29) is 17.1 Å². The molecule has 0 aliphatic carbocycles. The van der Waals surface area contributed by atoms with Gasteiger partial charge in [0.05, 0.1) is 11.0 Å². The van der Waals surface area contributed by atoms with Gasteiger partial charge in [-0.2, -0.15) is 0 Å². The number of hydrogen-bond acceptors (Lipinski definition) is 6. The van der Waals surface area contributed by atoms with Crippen LogP contribution in [0.2, 0.25) is 0 Å². The minimum absolute atomic E-state index is 0.0416. The molecule has 0 bridgehead atoms. The van der Waals surface area contributed by atoms with E-state index in [9.17, 15) is 27.4 Å². The van der Waals surface area contributed by atoms with Crippen molar-refractivity contribution in [1.82, 2.24) is 9.80 Å². The molecule has 37 heavy (non-hydrogen) atoms. The first kappa shape index (κ1) is 27.2. The molecule has 9 heteroatoms. The molecule has 3 aromatic rings. The van der Waals surface area contributed by atoms with Crippen LogP contribution in [-0.4, -0.2) is 60.9 Å². The van der Waals surface area contributed by atoms with Gasteiger partial charge in [-0.3, -0.25) is 9.80 Å². The smallest absolute Gasteiger partial charge is 0.175 e. The zero-order valence-corrected chi connectivity index (χ0v) is 21.5. The average Bonchev–Trinajstić information content (AvgIpc) is 3.07. The predicted molar refractivity (Wildman–Crippen MR) is 138 cm³/mol. The first-order valence-corrected chi connectivity index (χ1v) is 14.2. The van der Waals surface area contributed by atoms with Crippen molar-refractivity contribution in [2.45, 2.75) is 36.4 Å². The maximum absolute atomic E-state index is 14.2. The normalized spacial score (nSPS) is 17.3. The van der Waals surface area contributed by atoms with E-state index in [1.165, 1.54) is 30.5 Å². The molecule has 0 radical (unpaired) electrons. The Kier molecular flexibility index (Phi) is 8.59.